The summed E-state index contributed by atoms with van der Waals surface area (Å²) in [6.45, 7) is 0. The Bertz CT molecular complexity index is 3130. The first-order valence-electron chi connectivity index (χ1n) is 16.7. The monoisotopic (exact) mass is 688 g/mol. The summed E-state index contributed by atoms with van der Waals surface area (Å²) in [4.78, 5) is 24.9. The van der Waals surface area contributed by atoms with Crippen molar-refractivity contribution in [1.82, 2.24) is 29.5 Å². The molecule has 0 saturated heterocycles. The zero-order valence-electron chi connectivity index (χ0n) is 26.9. The van der Waals surface area contributed by atoms with Crippen LogP contribution in [0.15, 0.2) is 146 Å². The van der Waals surface area contributed by atoms with E-state index in [1.54, 1.807) is 17.7 Å². The van der Waals surface area contributed by atoms with Gasteiger partial charge in [0.1, 0.15) is 6.33 Å². The number of nitrogens with zero attached hydrogens (tertiary/aromatic N) is 6. The molecule has 0 aliphatic heterocycles. The zero-order valence-corrected chi connectivity index (χ0v) is 28.5. The summed E-state index contributed by atoms with van der Waals surface area (Å²) in [6, 6.07) is 46.4. The highest BCUT2D eigenvalue weighted by molar-refractivity contribution is 7.30. The molecule has 0 atom stereocenters. The van der Waals surface area contributed by atoms with Crippen LogP contribution in [0.4, 0.5) is 0 Å². The van der Waals surface area contributed by atoms with E-state index in [1.165, 1.54) is 31.1 Å². The van der Waals surface area contributed by atoms with E-state index in [0.717, 1.165) is 53.4 Å². The van der Waals surface area contributed by atoms with Crippen molar-refractivity contribution in [2.75, 3.05) is 0 Å². The summed E-state index contributed by atoms with van der Waals surface area (Å²) in [5, 5.41) is 5.97. The number of hydrogen-bond donors (Lipinski definition) is 0. The van der Waals surface area contributed by atoms with Gasteiger partial charge in [-0.15, -0.1) is 22.7 Å². The van der Waals surface area contributed by atoms with Crippen molar-refractivity contribution in [3.63, 3.8) is 0 Å². The minimum absolute atomic E-state index is 0.570. The minimum atomic E-state index is 0.570. The lowest BCUT2D eigenvalue weighted by Gasteiger charge is -2.12. The highest BCUT2D eigenvalue weighted by Crippen LogP contribution is 2.51. The molecular formula is C43H24N6S2. The molecule has 0 bridgehead atoms. The smallest absolute Gasteiger partial charge is 0.238 e. The summed E-state index contributed by atoms with van der Waals surface area (Å²) in [5.74, 6) is 1.81. The number of hydrogen-bond acceptors (Lipinski definition) is 7. The van der Waals surface area contributed by atoms with Gasteiger partial charge < -0.3 is 0 Å². The van der Waals surface area contributed by atoms with Gasteiger partial charge in [0, 0.05) is 53.7 Å². The molecule has 51 heavy (non-hydrogen) atoms. The van der Waals surface area contributed by atoms with Crippen molar-refractivity contribution < 1.29 is 0 Å². The highest BCUT2D eigenvalue weighted by Gasteiger charge is 2.26. The Labute approximate surface area is 299 Å². The number of thiophene rings is 2. The SMILES string of the molecule is c1ccc(-c2ccc(-c3nc(-c4ccccc4)nc(-n4c5ccccc5c5c6c7ccccc7sc6c6c7ncncc7sc6c54)n3)cc2)cc1. The van der Waals surface area contributed by atoms with Crippen LogP contribution in [0.3, 0.4) is 0 Å². The first kappa shape index (κ1) is 28.5. The van der Waals surface area contributed by atoms with Crippen molar-refractivity contribution in [1.29, 1.82) is 0 Å². The van der Waals surface area contributed by atoms with Gasteiger partial charge in [-0.1, -0.05) is 121 Å². The fourth-order valence-corrected chi connectivity index (χ4v) is 9.86. The van der Waals surface area contributed by atoms with Crippen LogP contribution in [0, 0.1) is 0 Å². The molecule has 6 nitrogen and oxygen atoms in total. The fraction of sp³-hybridized carbons (Fsp3) is 0. The predicted molar refractivity (Wildman–Crippen MR) is 212 cm³/mol. The third kappa shape index (κ3) is 4.30. The van der Waals surface area contributed by atoms with Gasteiger partial charge in [-0.3, -0.25) is 4.57 Å². The number of para-hydroxylation sites is 1. The Morgan fingerprint density at radius 3 is 1.86 bits per heavy atom. The van der Waals surface area contributed by atoms with Gasteiger partial charge in [-0.2, -0.15) is 9.97 Å². The molecular weight excluding hydrogens is 665 g/mol. The molecule has 238 valence electrons. The van der Waals surface area contributed by atoms with Gasteiger partial charge in [0.05, 0.1) is 25.9 Å². The van der Waals surface area contributed by atoms with Gasteiger partial charge in [0.25, 0.3) is 0 Å². The van der Waals surface area contributed by atoms with Crippen molar-refractivity contribution in [2.45, 2.75) is 0 Å². The zero-order chi connectivity index (χ0) is 33.5. The Morgan fingerprint density at radius 1 is 0.471 bits per heavy atom. The standard InChI is InChI=1S/C43H24N6S2/c1-3-11-25(12-4-1)26-19-21-28(22-20-26)42-46-41(27-13-5-2-6-14-27)47-43(48-42)49-31-17-9-7-15-29(31)34-35-30-16-8-10-18-32(30)50-39(35)36-37-33(23-44-24-45-37)51-40(36)38(34)49/h1-24H. The van der Waals surface area contributed by atoms with E-state index < -0.39 is 0 Å². The van der Waals surface area contributed by atoms with Gasteiger partial charge in [-0.05, 0) is 23.3 Å². The molecule has 6 aromatic carbocycles. The minimum Gasteiger partial charge on any atom is -0.276 e. The Hall–Kier alpha value is -6.35. The number of aromatic nitrogens is 6. The second-order valence-corrected chi connectivity index (χ2v) is 14.6. The number of benzene rings is 6. The second kappa shape index (κ2) is 11.1. The third-order valence-electron chi connectivity index (χ3n) is 9.62. The molecule has 0 amide bonds. The summed E-state index contributed by atoms with van der Waals surface area (Å²) in [5.41, 5.74) is 7.24. The molecule has 0 unspecified atom stereocenters. The first-order chi connectivity index (χ1) is 25.3. The maximum Gasteiger partial charge on any atom is 0.238 e. The third-order valence-corrected chi connectivity index (χ3v) is 11.9. The van der Waals surface area contributed by atoms with Crippen LogP contribution >= 0.6 is 22.7 Å². The lowest BCUT2D eigenvalue weighted by atomic mass is 10.0. The first-order valence-corrected chi connectivity index (χ1v) is 18.3. The average molecular weight is 689 g/mol. The topological polar surface area (TPSA) is 69.4 Å². The van der Waals surface area contributed by atoms with E-state index in [-0.39, 0.29) is 0 Å². The van der Waals surface area contributed by atoms with Crippen LogP contribution in [0.5, 0.6) is 0 Å². The van der Waals surface area contributed by atoms with Crippen molar-refractivity contribution in [3.8, 4) is 39.9 Å². The Morgan fingerprint density at radius 2 is 1.08 bits per heavy atom. The van der Waals surface area contributed by atoms with Gasteiger partial charge in [0.2, 0.25) is 5.95 Å². The van der Waals surface area contributed by atoms with Gasteiger partial charge in [0.15, 0.2) is 11.6 Å². The molecule has 0 saturated carbocycles. The van der Waals surface area contributed by atoms with Gasteiger partial charge in [-0.25, -0.2) is 15.0 Å². The van der Waals surface area contributed by atoms with E-state index in [4.69, 9.17) is 19.9 Å². The van der Waals surface area contributed by atoms with Crippen LogP contribution in [-0.2, 0) is 0 Å². The summed E-state index contributed by atoms with van der Waals surface area (Å²) in [6.07, 6.45) is 3.58. The molecule has 11 aromatic rings. The van der Waals surface area contributed by atoms with E-state index >= 15 is 0 Å². The van der Waals surface area contributed by atoms with Crippen LogP contribution in [0.25, 0.3) is 102 Å². The summed E-state index contributed by atoms with van der Waals surface area (Å²) < 4.78 is 6.93. The molecule has 5 heterocycles. The van der Waals surface area contributed by atoms with Crippen molar-refractivity contribution in [3.05, 3.63) is 146 Å². The molecule has 0 N–H and O–H groups in total. The van der Waals surface area contributed by atoms with Crippen LogP contribution in [-0.4, -0.2) is 29.5 Å². The lowest BCUT2D eigenvalue weighted by Crippen LogP contribution is -2.06. The van der Waals surface area contributed by atoms with E-state index in [1.807, 2.05) is 41.8 Å². The van der Waals surface area contributed by atoms with E-state index in [0.29, 0.717) is 17.6 Å². The predicted octanol–water partition coefficient (Wildman–Crippen LogP) is 11.5. The molecule has 8 heteroatoms. The lowest BCUT2D eigenvalue weighted by molar-refractivity contribution is 0.955. The molecule has 0 radical (unpaired) electrons. The Balaban J connectivity index is 1.27. The van der Waals surface area contributed by atoms with Crippen LogP contribution in [0.1, 0.15) is 0 Å². The highest BCUT2D eigenvalue weighted by atomic mass is 32.1. The molecule has 0 fully saturated rings. The van der Waals surface area contributed by atoms with Crippen molar-refractivity contribution >= 4 is 85.0 Å². The fourth-order valence-electron chi connectivity index (χ4n) is 7.36. The summed E-state index contributed by atoms with van der Waals surface area (Å²) in [7, 11) is 0. The molecule has 0 spiro atoms. The quantitative estimate of drug-likeness (QED) is 0.184. The Kier molecular flexibility index (Phi) is 6.19. The van der Waals surface area contributed by atoms with Crippen LogP contribution in [0.2, 0.25) is 0 Å². The molecule has 5 aromatic heterocycles. The van der Waals surface area contributed by atoms with E-state index in [9.17, 15) is 0 Å². The molecule has 0 aliphatic carbocycles. The van der Waals surface area contributed by atoms with Gasteiger partial charge >= 0.3 is 0 Å². The largest absolute Gasteiger partial charge is 0.276 e. The normalized spacial score (nSPS) is 11.9. The number of fused-ring (bicyclic) bond motifs is 12. The summed E-state index contributed by atoms with van der Waals surface area (Å²) >= 11 is 3.56. The van der Waals surface area contributed by atoms with Crippen molar-refractivity contribution in [2.24, 2.45) is 0 Å². The van der Waals surface area contributed by atoms with Crippen LogP contribution < -0.4 is 0 Å². The van der Waals surface area contributed by atoms with E-state index in [2.05, 4.69) is 119 Å². The average Bonchev–Trinajstić information content (AvgIpc) is 3.88. The second-order valence-electron chi connectivity index (χ2n) is 12.5. The maximum atomic E-state index is 5.29. The molecule has 0 aliphatic rings. The number of rotatable bonds is 4. The maximum absolute atomic E-state index is 5.29. The molecule has 11 rings (SSSR count).